The summed E-state index contributed by atoms with van der Waals surface area (Å²) in [5.41, 5.74) is 2.51. The lowest BCUT2D eigenvalue weighted by molar-refractivity contribution is -0.143. The molecule has 2 heterocycles. The highest BCUT2D eigenvalue weighted by atomic mass is 35.5. The first-order valence-corrected chi connectivity index (χ1v) is 15.8. The number of piperazine rings is 1. The normalized spacial score (nSPS) is 17.1. The first kappa shape index (κ1) is 33.0. The number of halogens is 3. The summed E-state index contributed by atoms with van der Waals surface area (Å²) in [4.78, 5) is 43.3. The molecule has 11 heteroatoms. The molecular formula is C32H41Cl2FN4O4. The number of aliphatic carboxylic acids is 1. The summed E-state index contributed by atoms with van der Waals surface area (Å²) in [6.45, 7) is 7.29. The van der Waals surface area contributed by atoms with E-state index in [2.05, 4.69) is 24.1 Å². The number of carboxylic acids is 1. The van der Waals surface area contributed by atoms with E-state index in [4.69, 9.17) is 28.3 Å². The van der Waals surface area contributed by atoms with E-state index in [1.807, 2.05) is 11.0 Å². The number of anilines is 1. The molecule has 0 bridgehead atoms. The molecule has 2 fully saturated rings. The minimum absolute atomic E-state index is 0.0231. The fourth-order valence-electron chi connectivity index (χ4n) is 6.00. The average Bonchev–Trinajstić information content (AvgIpc) is 3.39. The van der Waals surface area contributed by atoms with Gasteiger partial charge in [-0.25, -0.2) is 4.39 Å². The van der Waals surface area contributed by atoms with Crippen LogP contribution in [0.4, 0.5) is 10.1 Å². The van der Waals surface area contributed by atoms with Crippen LogP contribution in [0.5, 0.6) is 0 Å². The maximum absolute atomic E-state index is 14.5. The van der Waals surface area contributed by atoms with Crippen molar-refractivity contribution in [2.75, 3.05) is 44.2 Å². The van der Waals surface area contributed by atoms with Crippen LogP contribution in [0.2, 0.25) is 10.0 Å². The average molecular weight is 636 g/mol. The van der Waals surface area contributed by atoms with E-state index in [0.29, 0.717) is 74.5 Å². The Bertz CT molecular complexity index is 1300. The van der Waals surface area contributed by atoms with Gasteiger partial charge in [0.2, 0.25) is 11.8 Å². The Balaban J connectivity index is 1.49. The van der Waals surface area contributed by atoms with Crippen molar-refractivity contribution in [3.8, 4) is 0 Å². The van der Waals surface area contributed by atoms with Crippen molar-refractivity contribution in [3.63, 3.8) is 0 Å². The SMILES string of the molecule is CC(C)C[C@H](NCCCC(=O)O)c1cc(F)ccc1N1CCN(C(=O)[C@@H](Cc2ccc(Cl)cc2Cl)N2CCCC2=O)CC1. The standard InChI is InChI=1S/C32H41Cl2FN4O4/c1-21(2)17-27(36-11-3-6-31(41)42)25-20-24(35)9-10-28(25)37-13-15-38(16-14-37)32(43)29(39-12-4-5-30(39)40)18-22-7-8-23(33)19-26(22)34/h7-10,19-21,27,29,36H,3-6,11-18H2,1-2H3,(H,41,42)/t27-,29+/m0/s1. The zero-order valence-electron chi connectivity index (χ0n) is 24.8. The number of benzene rings is 2. The van der Waals surface area contributed by atoms with Gasteiger partial charge in [-0.15, -0.1) is 0 Å². The molecule has 0 aromatic heterocycles. The first-order chi connectivity index (χ1) is 20.5. The van der Waals surface area contributed by atoms with Crippen molar-refractivity contribution >= 4 is 46.7 Å². The van der Waals surface area contributed by atoms with Gasteiger partial charge in [0, 0.05) is 73.8 Å². The second-order valence-electron chi connectivity index (χ2n) is 11.8. The zero-order chi connectivity index (χ0) is 31.1. The third kappa shape index (κ3) is 8.83. The summed E-state index contributed by atoms with van der Waals surface area (Å²) in [5.74, 6) is -0.952. The van der Waals surface area contributed by atoms with Crippen LogP contribution in [0, 0.1) is 11.7 Å². The summed E-state index contributed by atoms with van der Waals surface area (Å²) in [5, 5.41) is 13.5. The number of carbonyl (C=O) groups excluding carboxylic acids is 2. The zero-order valence-corrected chi connectivity index (χ0v) is 26.3. The largest absolute Gasteiger partial charge is 0.481 e. The number of hydrogen-bond acceptors (Lipinski definition) is 5. The lowest BCUT2D eigenvalue weighted by atomic mass is 9.94. The Labute approximate surface area is 263 Å². The predicted octanol–water partition coefficient (Wildman–Crippen LogP) is 5.56. The number of carbonyl (C=O) groups is 3. The van der Waals surface area contributed by atoms with E-state index >= 15 is 0 Å². The molecule has 2 N–H and O–H groups in total. The van der Waals surface area contributed by atoms with Gasteiger partial charge in [-0.1, -0.05) is 43.1 Å². The maximum Gasteiger partial charge on any atom is 0.303 e. The van der Waals surface area contributed by atoms with Crippen molar-refractivity contribution in [2.24, 2.45) is 5.92 Å². The highest BCUT2D eigenvalue weighted by molar-refractivity contribution is 6.35. The van der Waals surface area contributed by atoms with Gasteiger partial charge in [0.25, 0.3) is 0 Å². The predicted molar refractivity (Wildman–Crippen MR) is 167 cm³/mol. The first-order valence-electron chi connectivity index (χ1n) is 15.0. The van der Waals surface area contributed by atoms with E-state index in [-0.39, 0.29) is 30.1 Å². The molecule has 2 saturated heterocycles. The second-order valence-corrected chi connectivity index (χ2v) is 12.6. The number of nitrogens with zero attached hydrogens (tertiary/aromatic N) is 3. The van der Waals surface area contributed by atoms with Crippen LogP contribution >= 0.6 is 23.2 Å². The molecule has 0 unspecified atom stereocenters. The summed E-state index contributed by atoms with van der Waals surface area (Å²) >= 11 is 12.5. The van der Waals surface area contributed by atoms with E-state index in [0.717, 1.165) is 29.7 Å². The fourth-order valence-corrected chi connectivity index (χ4v) is 6.49. The van der Waals surface area contributed by atoms with E-state index in [9.17, 15) is 18.8 Å². The molecule has 0 aliphatic carbocycles. The molecule has 234 valence electrons. The Morgan fingerprint density at radius 2 is 1.79 bits per heavy atom. The number of amides is 2. The fraction of sp³-hybridized carbons (Fsp3) is 0.531. The topological polar surface area (TPSA) is 93.2 Å². The molecule has 4 rings (SSSR count). The van der Waals surface area contributed by atoms with Crippen molar-refractivity contribution < 1.29 is 23.9 Å². The third-order valence-corrected chi connectivity index (χ3v) is 8.75. The van der Waals surface area contributed by atoms with Crippen molar-refractivity contribution in [1.29, 1.82) is 0 Å². The minimum atomic E-state index is -0.839. The molecule has 0 radical (unpaired) electrons. The van der Waals surface area contributed by atoms with Crippen molar-refractivity contribution in [1.82, 2.24) is 15.1 Å². The number of carboxylic acid groups (broad SMARTS) is 1. The van der Waals surface area contributed by atoms with Crippen LogP contribution in [-0.2, 0) is 20.8 Å². The van der Waals surface area contributed by atoms with Crippen molar-refractivity contribution in [3.05, 3.63) is 63.4 Å². The van der Waals surface area contributed by atoms with Gasteiger partial charge >= 0.3 is 5.97 Å². The number of rotatable bonds is 13. The van der Waals surface area contributed by atoms with Crippen LogP contribution in [0.3, 0.4) is 0 Å². The Morgan fingerprint density at radius 1 is 1.05 bits per heavy atom. The molecule has 8 nitrogen and oxygen atoms in total. The molecule has 2 aliphatic heterocycles. The van der Waals surface area contributed by atoms with Gasteiger partial charge in [-0.3, -0.25) is 14.4 Å². The lowest BCUT2D eigenvalue weighted by Gasteiger charge is -2.40. The van der Waals surface area contributed by atoms with Gasteiger partial charge in [0.1, 0.15) is 11.9 Å². The van der Waals surface area contributed by atoms with E-state index < -0.39 is 12.0 Å². The van der Waals surface area contributed by atoms with Crippen LogP contribution < -0.4 is 10.2 Å². The van der Waals surface area contributed by atoms with E-state index in [1.54, 1.807) is 29.2 Å². The summed E-state index contributed by atoms with van der Waals surface area (Å²) in [6.07, 6.45) is 2.79. The maximum atomic E-state index is 14.5. The van der Waals surface area contributed by atoms with Gasteiger partial charge < -0.3 is 25.1 Å². The van der Waals surface area contributed by atoms with Crippen LogP contribution in [0.1, 0.15) is 63.1 Å². The number of likely N-dealkylation sites (tertiary alicyclic amines) is 1. The van der Waals surface area contributed by atoms with Crippen LogP contribution in [0.15, 0.2) is 36.4 Å². The number of nitrogens with one attached hydrogen (secondary N) is 1. The summed E-state index contributed by atoms with van der Waals surface area (Å²) in [7, 11) is 0. The molecule has 2 aromatic carbocycles. The molecular weight excluding hydrogens is 594 g/mol. The molecule has 2 amide bonds. The smallest absolute Gasteiger partial charge is 0.303 e. The van der Waals surface area contributed by atoms with Gasteiger partial charge in [-0.2, -0.15) is 0 Å². The van der Waals surface area contributed by atoms with Crippen LogP contribution in [-0.4, -0.2) is 78.0 Å². The monoisotopic (exact) mass is 634 g/mol. The Kier molecular flexibility index (Phi) is 11.7. The van der Waals surface area contributed by atoms with Gasteiger partial charge in [0.15, 0.2) is 0 Å². The Hall–Kier alpha value is -2.88. The molecule has 2 atom stereocenters. The summed E-state index contributed by atoms with van der Waals surface area (Å²) < 4.78 is 14.5. The van der Waals surface area contributed by atoms with Gasteiger partial charge in [-0.05, 0) is 73.2 Å². The molecule has 2 aromatic rings. The quantitative estimate of drug-likeness (QED) is 0.280. The third-order valence-electron chi connectivity index (χ3n) is 8.16. The highest BCUT2D eigenvalue weighted by Crippen LogP contribution is 2.33. The van der Waals surface area contributed by atoms with E-state index in [1.165, 1.54) is 6.07 Å². The van der Waals surface area contributed by atoms with Crippen molar-refractivity contribution in [2.45, 2.75) is 64.5 Å². The minimum Gasteiger partial charge on any atom is -0.481 e. The second kappa shape index (κ2) is 15.2. The Morgan fingerprint density at radius 3 is 2.42 bits per heavy atom. The molecule has 2 aliphatic rings. The van der Waals surface area contributed by atoms with Crippen LogP contribution in [0.25, 0.3) is 0 Å². The molecule has 0 spiro atoms. The number of hydrogen-bond donors (Lipinski definition) is 2. The molecule has 43 heavy (non-hydrogen) atoms. The highest BCUT2D eigenvalue weighted by Gasteiger charge is 2.37. The van der Waals surface area contributed by atoms with Gasteiger partial charge in [0.05, 0.1) is 0 Å². The summed E-state index contributed by atoms with van der Waals surface area (Å²) in [6, 6.07) is 9.22. The molecule has 0 saturated carbocycles. The lowest BCUT2D eigenvalue weighted by Crippen LogP contribution is -2.56.